The van der Waals surface area contributed by atoms with E-state index in [-0.39, 0.29) is 12.5 Å². The normalized spacial score (nSPS) is 12.9. The number of ether oxygens (including phenoxy) is 1. The monoisotopic (exact) mass is 296 g/mol. The number of carbonyl (C=O) groups excluding carboxylic acids is 1. The van der Waals surface area contributed by atoms with Gasteiger partial charge >= 0.3 is 0 Å². The van der Waals surface area contributed by atoms with Gasteiger partial charge in [-0.3, -0.25) is 4.79 Å². The molecule has 1 N–H and O–H groups in total. The molecule has 2 aromatic carbocycles. The maximum absolute atomic E-state index is 12.5. The molecule has 3 rings (SSSR count). The van der Waals surface area contributed by atoms with Gasteiger partial charge in [0.05, 0.1) is 19.3 Å². The van der Waals surface area contributed by atoms with Crippen LogP contribution in [-0.4, -0.2) is 26.1 Å². The number of carbonyl (C=O) groups is 1. The molecule has 0 unspecified atom stereocenters. The van der Waals surface area contributed by atoms with Crippen molar-refractivity contribution in [2.24, 2.45) is 0 Å². The highest BCUT2D eigenvalue weighted by atomic mass is 16.5. The Labute approximate surface area is 130 Å². The maximum atomic E-state index is 12.5. The van der Waals surface area contributed by atoms with Crippen LogP contribution in [0, 0.1) is 6.92 Å². The van der Waals surface area contributed by atoms with Gasteiger partial charge in [-0.2, -0.15) is 0 Å². The Hall–Kier alpha value is -2.49. The van der Waals surface area contributed by atoms with E-state index in [4.69, 9.17) is 4.74 Å². The van der Waals surface area contributed by atoms with Gasteiger partial charge < -0.3 is 15.0 Å². The highest BCUT2D eigenvalue weighted by molar-refractivity contribution is 5.98. The van der Waals surface area contributed by atoms with Gasteiger partial charge in [-0.1, -0.05) is 24.3 Å². The van der Waals surface area contributed by atoms with Crippen molar-refractivity contribution >= 4 is 17.3 Å². The van der Waals surface area contributed by atoms with E-state index in [9.17, 15) is 4.79 Å². The first-order chi connectivity index (χ1) is 10.7. The van der Waals surface area contributed by atoms with Gasteiger partial charge in [-0.05, 0) is 42.7 Å². The summed E-state index contributed by atoms with van der Waals surface area (Å²) in [5.41, 5.74) is 4.25. The van der Waals surface area contributed by atoms with Crippen molar-refractivity contribution in [1.29, 1.82) is 0 Å². The van der Waals surface area contributed by atoms with Crippen molar-refractivity contribution in [1.82, 2.24) is 0 Å². The number of rotatable bonds is 4. The van der Waals surface area contributed by atoms with Gasteiger partial charge in [-0.15, -0.1) is 0 Å². The highest BCUT2D eigenvalue weighted by Crippen LogP contribution is 2.28. The molecule has 2 aromatic rings. The van der Waals surface area contributed by atoms with E-state index < -0.39 is 0 Å². The molecule has 4 nitrogen and oxygen atoms in total. The molecule has 0 bridgehead atoms. The second kappa shape index (κ2) is 6.10. The molecule has 1 heterocycles. The molecule has 4 heteroatoms. The minimum atomic E-state index is 0.0773. The molecular weight excluding hydrogens is 276 g/mol. The van der Waals surface area contributed by atoms with Gasteiger partial charge in [-0.25, -0.2) is 0 Å². The Morgan fingerprint density at radius 1 is 1.27 bits per heavy atom. The lowest BCUT2D eigenvalue weighted by Crippen LogP contribution is -2.34. The van der Waals surface area contributed by atoms with Crippen LogP contribution in [0.5, 0.6) is 5.75 Å². The standard InChI is InChI=1S/C18H20N2O2/c1-13-7-8-17(22-2)15(11-13)19-12-18(21)20-10-9-14-5-3-4-6-16(14)20/h3-8,11,19H,9-10,12H2,1-2H3. The van der Waals surface area contributed by atoms with E-state index in [1.807, 2.05) is 48.2 Å². The van der Waals surface area contributed by atoms with Gasteiger partial charge in [0.25, 0.3) is 0 Å². The van der Waals surface area contributed by atoms with Crippen molar-refractivity contribution in [3.8, 4) is 5.75 Å². The van der Waals surface area contributed by atoms with Crippen LogP contribution in [0.2, 0.25) is 0 Å². The smallest absolute Gasteiger partial charge is 0.246 e. The van der Waals surface area contributed by atoms with Crippen LogP contribution >= 0.6 is 0 Å². The van der Waals surface area contributed by atoms with Crippen LogP contribution in [0.15, 0.2) is 42.5 Å². The quantitative estimate of drug-likeness (QED) is 0.943. The molecule has 0 spiro atoms. The predicted octanol–water partition coefficient (Wildman–Crippen LogP) is 3.00. The number of anilines is 2. The lowest BCUT2D eigenvalue weighted by Gasteiger charge is -2.19. The molecule has 0 fully saturated rings. The van der Waals surface area contributed by atoms with Gasteiger partial charge in [0.2, 0.25) is 5.91 Å². The Morgan fingerprint density at radius 3 is 2.91 bits per heavy atom. The van der Waals surface area contributed by atoms with Crippen molar-refractivity contribution in [3.63, 3.8) is 0 Å². The summed E-state index contributed by atoms with van der Waals surface area (Å²) >= 11 is 0. The summed E-state index contributed by atoms with van der Waals surface area (Å²) in [6.07, 6.45) is 0.926. The molecule has 0 aliphatic carbocycles. The lowest BCUT2D eigenvalue weighted by molar-refractivity contribution is -0.116. The van der Waals surface area contributed by atoms with Crippen LogP contribution in [0.1, 0.15) is 11.1 Å². The topological polar surface area (TPSA) is 41.6 Å². The zero-order valence-corrected chi connectivity index (χ0v) is 12.9. The molecule has 0 aromatic heterocycles. The SMILES string of the molecule is COc1ccc(C)cc1NCC(=O)N1CCc2ccccc21. The molecule has 1 aliphatic rings. The van der Waals surface area contributed by atoms with Crippen molar-refractivity contribution in [3.05, 3.63) is 53.6 Å². The van der Waals surface area contributed by atoms with Crippen molar-refractivity contribution < 1.29 is 9.53 Å². The minimum Gasteiger partial charge on any atom is -0.495 e. The van der Waals surface area contributed by atoms with E-state index in [0.29, 0.717) is 0 Å². The van der Waals surface area contributed by atoms with Gasteiger partial charge in [0.1, 0.15) is 5.75 Å². The van der Waals surface area contributed by atoms with E-state index >= 15 is 0 Å². The number of benzene rings is 2. The summed E-state index contributed by atoms with van der Waals surface area (Å²) in [6.45, 7) is 3.03. The first kappa shape index (κ1) is 14.4. The Kier molecular flexibility index (Phi) is 4.00. The third-order valence-electron chi connectivity index (χ3n) is 3.97. The zero-order valence-electron chi connectivity index (χ0n) is 12.9. The molecule has 0 atom stereocenters. The average molecular weight is 296 g/mol. The molecule has 0 saturated carbocycles. The summed E-state index contributed by atoms with van der Waals surface area (Å²) in [5, 5.41) is 3.20. The van der Waals surface area contributed by atoms with E-state index in [2.05, 4.69) is 11.4 Å². The fourth-order valence-electron chi connectivity index (χ4n) is 2.82. The van der Waals surface area contributed by atoms with Crippen LogP contribution in [0.25, 0.3) is 0 Å². The zero-order chi connectivity index (χ0) is 15.5. The highest BCUT2D eigenvalue weighted by Gasteiger charge is 2.23. The molecule has 22 heavy (non-hydrogen) atoms. The predicted molar refractivity (Wildman–Crippen MR) is 88.7 cm³/mol. The van der Waals surface area contributed by atoms with Crippen LogP contribution in [-0.2, 0) is 11.2 Å². The van der Waals surface area contributed by atoms with Crippen LogP contribution in [0.3, 0.4) is 0 Å². The maximum Gasteiger partial charge on any atom is 0.246 e. The number of para-hydroxylation sites is 1. The number of hydrogen-bond donors (Lipinski definition) is 1. The number of amides is 1. The Balaban J connectivity index is 1.70. The molecule has 114 valence electrons. The second-order valence-electron chi connectivity index (χ2n) is 5.48. The summed E-state index contributed by atoms with van der Waals surface area (Å²) in [4.78, 5) is 14.3. The van der Waals surface area contributed by atoms with Crippen LogP contribution in [0.4, 0.5) is 11.4 Å². The molecule has 0 radical (unpaired) electrons. The number of methoxy groups -OCH3 is 1. The van der Waals surface area contributed by atoms with E-state index in [1.54, 1.807) is 7.11 Å². The minimum absolute atomic E-state index is 0.0773. The molecule has 1 amide bonds. The van der Waals surface area contributed by atoms with Gasteiger partial charge in [0, 0.05) is 12.2 Å². The van der Waals surface area contributed by atoms with Crippen molar-refractivity contribution in [2.45, 2.75) is 13.3 Å². The summed E-state index contributed by atoms with van der Waals surface area (Å²) in [6, 6.07) is 14.0. The molecular formula is C18H20N2O2. The summed E-state index contributed by atoms with van der Waals surface area (Å²) < 4.78 is 5.33. The Morgan fingerprint density at radius 2 is 2.09 bits per heavy atom. The van der Waals surface area contributed by atoms with E-state index in [0.717, 1.165) is 35.7 Å². The number of nitrogens with zero attached hydrogens (tertiary/aromatic N) is 1. The molecule has 0 saturated heterocycles. The van der Waals surface area contributed by atoms with Crippen molar-refractivity contribution in [2.75, 3.05) is 30.4 Å². The second-order valence-corrected chi connectivity index (χ2v) is 5.48. The number of fused-ring (bicyclic) bond motifs is 1. The summed E-state index contributed by atoms with van der Waals surface area (Å²) in [5.74, 6) is 0.828. The van der Waals surface area contributed by atoms with Crippen LogP contribution < -0.4 is 15.0 Å². The Bertz CT molecular complexity index is 697. The largest absolute Gasteiger partial charge is 0.495 e. The first-order valence-corrected chi connectivity index (χ1v) is 7.46. The number of hydrogen-bond acceptors (Lipinski definition) is 3. The fraction of sp³-hybridized carbons (Fsp3) is 0.278. The first-order valence-electron chi connectivity index (χ1n) is 7.46. The van der Waals surface area contributed by atoms with Gasteiger partial charge in [0.15, 0.2) is 0 Å². The third kappa shape index (κ3) is 2.77. The number of aryl methyl sites for hydroxylation is 1. The number of nitrogens with one attached hydrogen (secondary N) is 1. The third-order valence-corrected chi connectivity index (χ3v) is 3.97. The molecule has 1 aliphatic heterocycles. The fourth-order valence-corrected chi connectivity index (χ4v) is 2.82. The van der Waals surface area contributed by atoms with E-state index in [1.165, 1.54) is 5.56 Å². The lowest BCUT2D eigenvalue weighted by atomic mass is 10.2. The summed E-state index contributed by atoms with van der Waals surface area (Å²) in [7, 11) is 1.63. The average Bonchev–Trinajstić information content (AvgIpc) is 2.97.